The highest BCUT2D eigenvalue weighted by Gasteiger charge is 2.17. The van der Waals surface area contributed by atoms with Crippen LogP contribution in [-0.4, -0.2) is 0 Å². The first kappa shape index (κ1) is 34.4. The van der Waals surface area contributed by atoms with E-state index in [1.54, 1.807) is 0 Å². The van der Waals surface area contributed by atoms with Crippen molar-refractivity contribution in [3.8, 4) is 33.4 Å². The topological polar surface area (TPSA) is 6.48 Å². The van der Waals surface area contributed by atoms with E-state index in [-0.39, 0.29) is 0 Å². The Kier molecular flexibility index (Phi) is 9.66. The first-order valence-corrected chi connectivity index (χ1v) is 18.7. The number of anilines is 6. The number of rotatable bonds is 9. The van der Waals surface area contributed by atoms with Crippen molar-refractivity contribution < 1.29 is 0 Å². The van der Waals surface area contributed by atoms with Gasteiger partial charge in [-0.3, -0.25) is 0 Å². The number of benzene rings is 8. The van der Waals surface area contributed by atoms with Crippen LogP contribution < -0.4 is 9.80 Å². The Morgan fingerprint density at radius 2 is 0.519 bits per heavy atom. The molecule has 0 aromatic heterocycles. The molecule has 8 aromatic carbocycles. The van der Waals surface area contributed by atoms with Gasteiger partial charge in [0.1, 0.15) is 0 Å². The van der Waals surface area contributed by atoms with Crippen molar-refractivity contribution >= 4 is 34.1 Å². The molecule has 0 unspecified atom stereocenters. The van der Waals surface area contributed by atoms with Crippen molar-refractivity contribution in [3.63, 3.8) is 0 Å². The van der Waals surface area contributed by atoms with Gasteiger partial charge < -0.3 is 9.80 Å². The maximum Gasteiger partial charge on any atom is 0.0467 e. The van der Waals surface area contributed by atoms with Crippen molar-refractivity contribution in [2.75, 3.05) is 9.80 Å². The van der Waals surface area contributed by atoms with Gasteiger partial charge in [0.15, 0.2) is 0 Å². The van der Waals surface area contributed by atoms with E-state index in [1.165, 1.54) is 44.5 Å². The fourth-order valence-corrected chi connectivity index (χ4v) is 7.08. The quantitative estimate of drug-likeness (QED) is 0.148. The minimum Gasteiger partial charge on any atom is -0.310 e. The molecule has 0 aliphatic heterocycles. The van der Waals surface area contributed by atoms with Gasteiger partial charge >= 0.3 is 0 Å². The molecule has 0 spiro atoms. The fourth-order valence-electron chi connectivity index (χ4n) is 7.08. The molecule has 0 saturated carbocycles. The van der Waals surface area contributed by atoms with Crippen LogP contribution in [0.3, 0.4) is 0 Å². The van der Waals surface area contributed by atoms with Crippen molar-refractivity contribution in [1.82, 2.24) is 0 Å². The summed E-state index contributed by atoms with van der Waals surface area (Å²) in [5.41, 5.74) is 18.7. The molecule has 0 heterocycles. The van der Waals surface area contributed by atoms with Crippen LogP contribution in [0.2, 0.25) is 0 Å². The first-order valence-electron chi connectivity index (χ1n) is 18.7. The van der Waals surface area contributed by atoms with Gasteiger partial charge in [-0.1, -0.05) is 125 Å². The summed E-state index contributed by atoms with van der Waals surface area (Å²) in [7, 11) is 0. The molecule has 0 amide bonds. The molecule has 0 radical (unpaired) electrons. The molecule has 2 heteroatoms. The summed E-state index contributed by atoms with van der Waals surface area (Å²) in [5.74, 6) is 0. The maximum atomic E-state index is 2.35. The Morgan fingerprint density at radius 3 is 0.852 bits per heavy atom. The highest BCUT2D eigenvalue weighted by molar-refractivity contribution is 5.86. The van der Waals surface area contributed by atoms with E-state index >= 15 is 0 Å². The number of nitrogens with zero attached hydrogens (tertiary/aromatic N) is 2. The zero-order valence-electron chi connectivity index (χ0n) is 31.4. The lowest BCUT2D eigenvalue weighted by Crippen LogP contribution is -2.10. The molecular weight excluding hydrogens is 653 g/mol. The highest BCUT2D eigenvalue weighted by Crippen LogP contribution is 2.41. The fraction of sp³-hybridized carbons (Fsp3) is 0.0769. The molecule has 0 fully saturated rings. The van der Waals surface area contributed by atoms with E-state index in [0.717, 1.165) is 45.3 Å². The summed E-state index contributed by atoms with van der Waals surface area (Å²) in [4.78, 5) is 4.69. The Balaban J connectivity index is 1.26. The van der Waals surface area contributed by atoms with Crippen LogP contribution in [-0.2, 0) is 0 Å². The average Bonchev–Trinajstić information content (AvgIpc) is 3.21. The molecule has 0 aliphatic rings. The molecule has 8 rings (SSSR count). The van der Waals surface area contributed by atoms with Crippen LogP contribution >= 0.6 is 0 Å². The monoisotopic (exact) mass is 696 g/mol. The van der Waals surface area contributed by atoms with Gasteiger partial charge in [-0.25, -0.2) is 0 Å². The van der Waals surface area contributed by atoms with E-state index in [0.29, 0.717) is 0 Å². The van der Waals surface area contributed by atoms with Crippen LogP contribution in [0.5, 0.6) is 0 Å². The molecular formula is C52H44N2. The van der Waals surface area contributed by atoms with Gasteiger partial charge in [0, 0.05) is 34.1 Å². The second-order valence-electron chi connectivity index (χ2n) is 14.3. The van der Waals surface area contributed by atoms with E-state index in [1.807, 2.05) is 0 Å². The molecule has 262 valence electrons. The van der Waals surface area contributed by atoms with Crippen LogP contribution in [0.25, 0.3) is 33.4 Å². The van der Waals surface area contributed by atoms with Crippen molar-refractivity contribution in [1.29, 1.82) is 0 Å². The second-order valence-corrected chi connectivity index (χ2v) is 14.3. The molecule has 0 atom stereocenters. The number of hydrogen-bond acceptors (Lipinski definition) is 2. The van der Waals surface area contributed by atoms with Crippen molar-refractivity contribution in [3.05, 3.63) is 216 Å². The van der Waals surface area contributed by atoms with Crippen molar-refractivity contribution in [2.45, 2.75) is 27.7 Å². The Hall–Kier alpha value is -6.64. The van der Waals surface area contributed by atoms with Gasteiger partial charge in [0.2, 0.25) is 0 Å². The molecule has 0 saturated heterocycles. The molecule has 0 aliphatic carbocycles. The maximum absolute atomic E-state index is 2.35. The Bertz CT molecular complexity index is 2250. The lowest BCUT2D eigenvalue weighted by Gasteiger charge is -2.26. The largest absolute Gasteiger partial charge is 0.310 e. The van der Waals surface area contributed by atoms with Crippen LogP contribution in [0.1, 0.15) is 22.3 Å². The highest BCUT2D eigenvalue weighted by atomic mass is 15.1. The van der Waals surface area contributed by atoms with Gasteiger partial charge in [-0.05, 0) is 152 Å². The molecule has 8 aromatic rings. The minimum atomic E-state index is 1.11. The van der Waals surface area contributed by atoms with Gasteiger partial charge in [0.05, 0.1) is 0 Å². The normalized spacial score (nSPS) is 11.0. The smallest absolute Gasteiger partial charge is 0.0467 e. The zero-order chi connectivity index (χ0) is 37.0. The van der Waals surface area contributed by atoms with E-state index in [2.05, 4.69) is 232 Å². The predicted molar refractivity (Wildman–Crippen MR) is 231 cm³/mol. The summed E-state index contributed by atoms with van der Waals surface area (Å²) in [6, 6.07) is 70.7. The Labute approximate surface area is 320 Å². The third-order valence-electron chi connectivity index (χ3n) is 10.1. The van der Waals surface area contributed by atoms with Gasteiger partial charge in [-0.15, -0.1) is 0 Å². The SMILES string of the molecule is Cc1ccc(N(c2ccc(C)cc2)c2cccc(-c3cc(-c4ccccc4)cc(-c4cccc(N(c5ccc(C)cc5)c5ccc(C)cc5)c4)c3)c2)cc1. The lowest BCUT2D eigenvalue weighted by atomic mass is 9.93. The van der Waals surface area contributed by atoms with Crippen LogP contribution in [0.4, 0.5) is 34.1 Å². The van der Waals surface area contributed by atoms with Crippen LogP contribution in [0.15, 0.2) is 194 Å². The molecule has 0 N–H and O–H groups in total. The third kappa shape index (κ3) is 7.46. The number of aryl methyl sites for hydroxylation is 4. The summed E-state index contributed by atoms with van der Waals surface area (Å²) in [6.45, 7) is 8.54. The molecule has 54 heavy (non-hydrogen) atoms. The molecule has 0 bridgehead atoms. The standard InChI is InChI=1S/C52H44N2/c1-37-16-24-47(25-17-37)53(48-26-18-38(2)19-27-48)51-14-8-12-42(35-51)45-32-44(41-10-6-5-7-11-41)33-46(34-45)43-13-9-15-52(36-43)54(49-28-20-39(3)21-29-49)50-30-22-40(4)23-31-50/h5-36H,1-4H3. The van der Waals surface area contributed by atoms with Crippen molar-refractivity contribution in [2.24, 2.45) is 0 Å². The second kappa shape index (κ2) is 15.1. The van der Waals surface area contributed by atoms with Gasteiger partial charge in [0.25, 0.3) is 0 Å². The lowest BCUT2D eigenvalue weighted by molar-refractivity contribution is 1.27. The summed E-state index contributed by atoms with van der Waals surface area (Å²) < 4.78 is 0. The van der Waals surface area contributed by atoms with E-state index < -0.39 is 0 Å². The summed E-state index contributed by atoms with van der Waals surface area (Å²) in [5, 5.41) is 0. The van der Waals surface area contributed by atoms with E-state index in [4.69, 9.17) is 0 Å². The minimum absolute atomic E-state index is 1.11. The summed E-state index contributed by atoms with van der Waals surface area (Å²) in [6.07, 6.45) is 0. The average molecular weight is 697 g/mol. The zero-order valence-corrected chi connectivity index (χ0v) is 31.4. The Morgan fingerprint density at radius 1 is 0.222 bits per heavy atom. The number of hydrogen-bond donors (Lipinski definition) is 0. The predicted octanol–water partition coefficient (Wildman–Crippen LogP) is 14.9. The summed E-state index contributed by atoms with van der Waals surface area (Å²) >= 11 is 0. The van der Waals surface area contributed by atoms with Gasteiger partial charge in [-0.2, -0.15) is 0 Å². The third-order valence-corrected chi connectivity index (χ3v) is 10.1. The van der Waals surface area contributed by atoms with Crippen LogP contribution in [0, 0.1) is 27.7 Å². The molecule has 2 nitrogen and oxygen atoms in total. The van der Waals surface area contributed by atoms with E-state index in [9.17, 15) is 0 Å². The first-order chi connectivity index (χ1) is 26.4.